The Morgan fingerprint density at radius 2 is 1.86 bits per heavy atom. The van der Waals surface area contributed by atoms with E-state index in [0.29, 0.717) is 34.3 Å². The van der Waals surface area contributed by atoms with Crippen LogP contribution in [0.15, 0.2) is 22.7 Å². The highest BCUT2D eigenvalue weighted by Gasteiger charge is 2.36. The van der Waals surface area contributed by atoms with E-state index < -0.39 is 20.4 Å². The fourth-order valence-electron chi connectivity index (χ4n) is 2.47. The lowest BCUT2D eigenvalue weighted by Gasteiger charge is -2.36. The second-order valence-electron chi connectivity index (χ2n) is 7.91. The average Bonchev–Trinajstić information content (AvgIpc) is 2.89. The summed E-state index contributed by atoms with van der Waals surface area (Å²) in [5.41, 5.74) is 0.256. The third-order valence-corrected chi connectivity index (χ3v) is 10.4. The molecule has 2 aromatic rings. The van der Waals surface area contributed by atoms with Crippen molar-refractivity contribution in [1.82, 2.24) is 4.57 Å². The molecule has 9 heteroatoms. The Kier molecular flexibility index (Phi) is 6.62. The molecule has 0 saturated heterocycles. The van der Waals surface area contributed by atoms with Crippen LogP contribution in [0.1, 0.15) is 31.3 Å². The van der Waals surface area contributed by atoms with Crippen LogP contribution in [0.25, 0.3) is 10.9 Å². The number of nitrogens with zero attached hydrogens (tertiary/aromatic N) is 1. The molecule has 0 bridgehead atoms. The molecule has 0 fully saturated rings. The molecule has 0 spiro atoms. The molecule has 1 heterocycles. The topological polar surface area (TPSA) is 87.0 Å². The molecule has 0 amide bonds. The largest absolute Gasteiger partial charge is 0.491 e. The number of hydrogen-bond acceptors (Lipinski definition) is 5. The van der Waals surface area contributed by atoms with Crippen LogP contribution in [0.4, 0.5) is 4.79 Å². The van der Waals surface area contributed by atoms with Crippen molar-refractivity contribution >= 4 is 47.2 Å². The van der Waals surface area contributed by atoms with Crippen LogP contribution >= 0.6 is 15.9 Å². The fraction of sp³-hybridized carbons (Fsp3) is 0.474. The van der Waals surface area contributed by atoms with Crippen LogP contribution in [-0.2, 0) is 9.16 Å². The molecular weight excluding hydrogens is 446 g/mol. The Labute approximate surface area is 173 Å². The van der Waals surface area contributed by atoms with Crippen molar-refractivity contribution in [3.8, 4) is 5.75 Å². The number of carbonyl (C=O) groups is 2. The molecule has 154 valence electrons. The normalized spacial score (nSPS) is 12.2. The van der Waals surface area contributed by atoms with Gasteiger partial charge in [0, 0.05) is 11.5 Å². The number of fused-ring (bicyclic) bond motifs is 1. The maximum atomic E-state index is 12.0. The van der Waals surface area contributed by atoms with E-state index in [4.69, 9.17) is 13.9 Å². The highest BCUT2D eigenvalue weighted by Crippen LogP contribution is 2.36. The van der Waals surface area contributed by atoms with Crippen LogP contribution in [0.3, 0.4) is 0 Å². The first-order chi connectivity index (χ1) is 12.9. The molecule has 0 aliphatic rings. The van der Waals surface area contributed by atoms with Crippen LogP contribution in [0.5, 0.6) is 5.75 Å². The minimum Gasteiger partial charge on any atom is -0.491 e. The predicted octanol–water partition coefficient (Wildman–Crippen LogP) is 5.12. The smallest absolute Gasteiger partial charge is 0.416 e. The van der Waals surface area contributed by atoms with Gasteiger partial charge in [-0.2, -0.15) is 0 Å². The molecule has 7 nitrogen and oxygen atoms in total. The summed E-state index contributed by atoms with van der Waals surface area (Å²) in [6.45, 7) is 11.7. The summed E-state index contributed by atoms with van der Waals surface area (Å²) < 4.78 is 17.8. The van der Waals surface area contributed by atoms with E-state index >= 15 is 0 Å². The molecule has 1 aromatic carbocycles. The zero-order valence-corrected chi connectivity index (χ0v) is 19.5. The van der Waals surface area contributed by atoms with Crippen molar-refractivity contribution in [2.24, 2.45) is 0 Å². The summed E-state index contributed by atoms with van der Waals surface area (Å²) in [6, 6.07) is 5.02. The Morgan fingerprint density at radius 3 is 2.39 bits per heavy atom. The molecule has 0 aliphatic heterocycles. The highest BCUT2D eigenvalue weighted by atomic mass is 79.9. The van der Waals surface area contributed by atoms with E-state index in [2.05, 4.69) is 49.8 Å². The number of ether oxygens (including phenoxy) is 2. The molecule has 2 rings (SSSR count). The first-order valence-electron chi connectivity index (χ1n) is 8.83. The lowest BCUT2D eigenvalue weighted by atomic mass is 10.2. The molecule has 1 aromatic heterocycles. The van der Waals surface area contributed by atoms with Crippen LogP contribution < -0.4 is 4.74 Å². The number of halogens is 1. The Morgan fingerprint density at radius 1 is 1.21 bits per heavy atom. The quantitative estimate of drug-likeness (QED) is 0.357. The molecule has 1 N–H and O–H groups in total. The maximum absolute atomic E-state index is 12.0. The zero-order chi connectivity index (χ0) is 21.3. The molecular formula is C19H26BrNO6Si. The minimum absolute atomic E-state index is 0.0802. The Balaban J connectivity index is 2.23. The van der Waals surface area contributed by atoms with E-state index in [0.717, 1.165) is 4.57 Å². The van der Waals surface area contributed by atoms with Crippen molar-refractivity contribution in [1.29, 1.82) is 0 Å². The van der Waals surface area contributed by atoms with E-state index in [1.165, 1.54) is 7.11 Å². The standard InChI is InChI=1S/C19H26BrNO6Si/c1-19(2,3)28(5,6)27-10-9-26-12-7-8-13-14(11-12)21(18(23)24)16(15(13)20)17(22)25-4/h7-8,11H,9-10H2,1-6H3,(H,23,24). The zero-order valence-electron chi connectivity index (χ0n) is 17.0. The van der Waals surface area contributed by atoms with Crippen LogP contribution in [0.2, 0.25) is 18.1 Å². The average molecular weight is 472 g/mol. The molecule has 0 unspecified atom stereocenters. The first kappa shape index (κ1) is 22.4. The van der Waals surface area contributed by atoms with Gasteiger partial charge in [-0.25, -0.2) is 14.2 Å². The van der Waals surface area contributed by atoms with Crippen molar-refractivity contribution in [3.63, 3.8) is 0 Å². The van der Waals surface area contributed by atoms with E-state index in [-0.39, 0.29) is 10.7 Å². The highest BCUT2D eigenvalue weighted by molar-refractivity contribution is 9.10. The van der Waals surface area contributed by atoms with Gasteiger partial charge in [-0.15, -0.1) is 0 Å². The minimum atomic E-state index is -1.85. The van der Waals surface area contributed by atoms with Crippen LogP contribution in [-0.4, -0.2) is 50.4 Å². The van der Waals surface area contributed by atoms with E-state index in [1.54, 1.807) is 18.2 Å². The molecule has 28 heavy (non-hydrogen) atoms. The van der Waals surface area contributed by atoms with Gasteiger partial charge in [-0.3, -0.25) is 0 Å². The number of carboxylic acid groups (broad SMARTS) is 1. The number of hydrogen-bond donors (Lipinski definition) is 1. The SMILES string of the molecule is COC(=O)c1c(Br)c2ccc(OCCO[Si](C)(C)C(C)(C)C)cc2n1C(=O)O. The number of rotatable bonds is 6. The van der Waals surface area contributed by atoms with Gasteiger partial charge in [0.25, 0.3) is 0 Å². The predicted molar refractivity (Wildman–Crippen MR) is 113 cm³/mol. The van der Waals surface area contributed by atoms with Crippen LogP contribution in [0, 0.1) is 0 Å². The summed E-state index contributed by atoms with van der Waals surface area (Å²) in [7, 11) is -0.647. The van der Waals surface area contributed by atoms with Gasteiger partial charge in [0.1, 0.15) is 12.4 Å². The fourth-order valence-corrected chi connectivity index (χ4v) is 4.17. The van der Waals surface area contributed by atoms with Crippen molar-refractivity contribution in [2.75, 3.05) is 20.3 Å². The molecule has 0 aliphatic carbocycles. The molecule has 0 atom stereocenters. The van der Waals surface area contributed by atoms with Gasteiger partial charge in [0.15, 0.2) is 14.0 Å². The molecule has 0 radical (unpaired) electrons. The summed E-state index contributed by atoms with van der Waals surface area (Å²) >= 11 is 3.30. The summed E-state index contributed by atoms with van der Waals surface area (Å²) in [4.78, 5) is 23.7. The van der Waals surface area contributed by atoms with Gasteiger partial charge < -0.3 is 19.0 Å². The van der Waals surface area contributed by atoms with Gasteiger partial charge >= 0.3 is 12.1 Å². The van der Waals surface area contributed by atoms with Crippen molar-refractivity contribution in [2.45, 2.75) is 38.9 Å². The summed E-state index contributed by atoms with van der Waals surface area (Å²) in [5.74, 6) is -0.244. The molecule has 0 saturated carbocycles. The van der Waals surface area contributed by atoms with Gasteiger partial charge in [0.2, 0.25) is 0 Å². The first-order valence-corrected chi connectivity index (χ1v) is 12.5. The Bertz CT molecular complexity index is 900. The third kappa shape index (κ3) is 4.42. The second-order valence-corrected chi connectivity index (χ2v) is 13.5. The Hall–Kier alpha value is -1.84. The lowest BCUT2D eigenvalue weighted by molar-refractivity contribution is 0.0587. The summed E-state index contributed by atoms with van der Waals surface area (Å²) in [5, 5.41) is 10.3. The second kappa shape index (κ2) is 8.26. The van der Waals surface area contributed by atoms with Crippen molar-refractivity contribution in [3.05, 3.63) is 28.4 Å². The number of methoxy groups -OCH3 is 1. The van der Waals surface area contributed by atoms with Gasteiger partial charge in [0.05, 0.1) is 23.7 Å². The van der Waals surface area contributed by atoms with Gasteiger partial charge in [-0.05, 0) is 46.2 Å². The van der Waals surface area contributed by atoms with Gasteiger partial charge in [-0.1, -0.05) is 20.8 Å². The van der Waals surface area contributed by atoms with E-state index in [1.807, 2.05) is 0 Å². The number of aromatic nitrogens is 1. The number of benzene rings is 1. The summed E-state index contributed by atoms with van der Waals surface area (Å²) in [6.07, 6.45) is -1.28. The lowest BCUT2D eigenvalue weighted by Crippen LogP contribution is -2.41. The van der Waals surface area contributed by atoms with Crippen molar-refractivity contribution < 1.29 is 28.6 Å². The number of esters is 1. The monoisotopic (exact) mass is 471 g/mol. The third-order valence-electron chi connectivity index (χ3n) is 5.07. The maximum Gasteiger partial charge on any atom is 0.416 e. The number of carbonyl (C=O) groups excluding carboxylic acids is 1. The van der Waals surface area contributed by atoms with E-state index in [9.17, 15) is 14.7 Å².